The van der Waals surface area contributed by atoms with Gasteiger partial charge in [0.2, 0.25) is 0 Å². The Balaban J connectivity index is 1.39. The molecule has 0 amide bonds. The lowest BCUT2D eigenvalue weighted by Crippen LogP contribution is -2.42. The topological polar surface area (TPSA) is 62.8 Å². The summed E-state index contributed by atoms with van der Waals surface area (Å²) in [5, 5.41) is 23.1. The number of benzene rings is 1. The Bertz CT molecular complexity index is 959. The first-order valence-electron chi connectivity index (χ1n) is 10.5. The first-order chi connectivity index (χ1) is 13.5. The Morgan fingerprint density at radius 3 is 2.96 bits per heavy atom. The molecule has 4 atom stereocenters. The van der Waals surface area contributed by atoms with Crippen LogP contribution in [0.25, 0.3) is 0 Å². The van der Waals surface area contributed by atoms with E-state index >= 15 is 0 Å². The third kappa shape index (κ3) is 2.79. The summed E-state index contributed by atoms with van der Waals surface area (Å²) in [7, 11) is 1.91. The molecular formula is C23H28N4O. The zero-order valence-corrected chi connectivity index (χ0v) is 16.7. The molecule has 0 saturated heterocycles. The molecule has 0 spiro atoms. The van der Waals surface area contributed by atoms with Gasteiger partial charge in [-0.25, -0.2) is 0 Å². The van der Waals surface area contributed by atoms with Gasteiger partial charge in [0, 0.05) is 29.9 Å². The zero-order chi connectivity index (χ0) is 19.3. The molecule has 1 heterocycles. The molecule has 2 saturated carbocycles. The Morgan fingerprint density at radius 1 is 1.25 bits per heavy atom. The van der Waals surface area contributed by atoms with Gasteiger partial charge in [0.15, 0.2) is 0 Å². The summed E-state index contributed by atoms with van der Waals surface area (Å²) in [6, 6.07) is 6.02. The van der Waals surface area contributed by atoms with E-state index in [1.54, 1.807) is 4.68 Å². The number of aromatic hydroxyl groups is 1. The van der Waals surface area contributed by atoms with Gasteiger partial charge in [-0.1, -0.05) is 13.0 Å². The minimum atomic E-state index is 0.182. The number of aryl methyl sites for hydroxylation is 2. The van der Waals surface area contributed by atoms with Crippen molar-refractivity contribution in [3.8, 4) is 5.75 Å². The highest BCUT2D eigenvalue weighted by molar-refractivity contribution is 5.93. The number of fused-ring (bicyclic) bond motifs is 5. The van der Waals surface area contributed by atoms with Crippen LogP contribution in [0.2, 0.25) is 0 Å². The molecule has 0 radical (unpaired) electrons. The van der Waals surface area contributed by atoms with Crippen LogP contribution >= 0.6 is 0 Å². The molecule has 3 aliphatic rings. The lowest BCUT2D eigenvalue weighted by Gasteiger charge is -2.49. The van der Waals surface area contributed by atoms with E-state index in [0.717, 1.165) is 24.3 Å². The van der Waals surface area contributed by atoms with Crippen LogP contribution in [0.1, 0.15) is 61.6 Å². The lowest BCUT2D eigenvalue weighted by atomic mass is 9.55. The molecule has 146 valence electrons. The fourth-order valence-electron chi connectivity index (χ4n) is 6.19. The minimum Gasteiger partial charge on any atom is -0.508 e. The van der Waals surface area contributed by atoms with Gasteiger partial charge in [-0.05, 0) is 79.5 Å². The Kier molecular flexibility index (Phi) is 4.14. The van der Waals surface area contributed by atoms with Gasteiger partial charge in [0.05, 0.1) is 12.4 Å². The molecule has 5 rings (SSSR count). The Morgan fingerprint density at radius 2 is 2.14 bits per heavy atom. The normalized spacial score (nSPS) is 33.1. The van der Waals surface area contributed by atoms with Crippen molar-refractivity contribution < 1.29 is 5.11 Å². The summed E-state index contributed by atoms with van der Waals surface area (Å²) >= 11 is 0. The maximum atomic E-state index is 9.84. The number of rotatable bonds is 2. The van der Waals surface area contributed by atoms with Crippen molar-refractivity contribution in [2.24, 2.45) is 34.5 Å². The predicted molar refractivity (Wildman–Crippen MR) is 111 cm³/mol. The lowest BCUT2D eigenvalue weighted by molar-refractivity contribution is 0.0955. The number of hydrogen-bond acceptors (Lipinski definition) is 4. The maximum Gasteiger partial charge on any atom is 0.115 e. The van der Waals surface area contributed by atoms with E-state index in [1.165, 1.54) is 42.5 Å². The summed E-state index contributed by atoms with van der Waals surface area (Å²) in [5.41, 5.74) is 5.30. The summed E-state index contributed by atoms with van der Waals surface area (Å²) in [5.74, 6) is 2.46. The van der Waals surface area contributed by atoms with Gasteiger partial charge >= 0.3 is 0 Å². The molecule has 0 aliphatic heterocycles. The standard InChI is InChI=1S/C23H28N4O/c1-23-10-9-19-18-6-4-17(28)11-16(18)3-5-20(19)21(23)7-8-22(23)26-24-12-15-13-25-27(2)14-15/h4,6,11-14,19-21,28H,3,5,7-10H2,1-2H3/b24-12-,26-22-/t19-,20-,21-,23+/m0/s1. The van der Waals surface area contributed by atoms with E-state index in [4.69, 9.17) is 5.10 Å². The van der Waals surface area contributed by atoms with Gasteiger partial charge in [0.1, 0.15) is 5.75 Å². The van der Waals surface area contributed by atoms with Gasteiger partial charge in [-0.2, -0.15) is 15.3 Å². The van der Waals surface area contributed by atoms with Crippen molar-refractivity contribution in [2.75, 3.05) is 0 Å². The molecule has 1 N–H and O–H groups in total. The summed E-state index contributed by atoms with van der Waals surface area (Å²) in [6.45, 7) is 2.42. The van der Waals surface area contributed by atoms with Gasteiger partial charge in [0.25, 0.3) is 0 Å². The van der Waals surface area contributed by atoms with Crippen LogP contribution in [0.4, 0.5) is 0 Å². The maximum absolute atomic E-state index is 9.84. The monoisotopic (exact) mass is 376 g/mol. The van der Waals surface area contributed by atoms with E-state index in [0.29, 0.717) is 17.6 Å². The fraction of sp³-hybridized carbons (Fsp3) is 0.522. The Labute approximate surface area is 166 Å². The van der Waals surface area contributed by atoms with E-state index < -0.39 is 0 Å². The largest absolute Gasteiger partial charge is 0.508 e. The van der Waals surface area contributed by atoms with Crippen LogP contribution in [-0.2, 0) is 13.5 Å². The van der Waals surface area contributed by atoms with Crippen molar-refractivity contribution in [1.82, 2.24) is 9.78 Å². The average molecular weight is 377 g/mol. The van der Waals surface area contributed by atoms with Crippen LogP contribution in [0, 0.1) is 17.3 Å². The highest BCUT2D eigenvalue weighted by Gasteiger charge is 2.53. The molecule has 5 nitrogen and oxygen atoms in total. The summed E-state index contributed by atoms with van der Waals surface area (Å²) in [4.78, 5) is 0. The number of phenols is 1. The smallest absolute Gasteiger partial charge is 0.115 e. The summed E-state index contributed by atoms with van der Waals surface area (Å²) in [6.07, 6.45) is 12.6. The highest BCUT2D eigenvalue weighted by atomic mass is 16.3. The molecule has 2 aromatic rings. The SMILES string of the molecule is Cn1cc(/C=N\N=C2\CC[C@H]3[C@H]4CCc5cc(O)ccc5[C@@H]4CC[C@@]23C)cn1. The number of phenolic OH excluding ortho intramolecular Hbond substituents is 1. The number of nitrogens with zero attached hydrogens (tertiary/aromatic N) is 4. The highest BCUT2D eigenvalue weighted by Crippen LogP contribution is 2.60. The number of aromatic nitrogens is 2. The summed E-state index contributed by atoms with van der Waals surface area (Å²) < 4.78 is 1.78. The van der Waals surface area contributed by atoms with Gasteiger partial charge in [-0.15, -0.1) is 0 Å². The van der Waals surface area contributed by atoms with Gasteiger partial charge in [-0.3, -0.25) is 4.68 Å². The second kappa shape index (κ2) is 6.57. The Hall–Kier alpha value is -2.43. The molecule has 28 heavy (non-hydrogen) atoms. The molecule has 0 bridgehead atoms. The van der Waals surface area contributed by atoms with E-state index in [-0.39, 0.29) is 5.41 Å². The number of hydrogen-bond donors (Lipinski definition) is 1. The van der Waals surface area contributed by atoms with Crippen LogP contribution in [0.5, 0.6) is 5.75 Å². The quantitative estimate of drug-likeness (QED) is 0.621. The van der Waals surface area contributed by atoms with E-state index in [2.05, 4.69) is 23.2 Å². The van der Waals surface area contributed by atoms with Crippen LogP contribution in [0.3, 0.4) is 0 Å². The third-order valence-corrected chi connectivity index (χ3v) is 7.56. The van der Waals surface area contributed by atoms with Crippen LogP contribution in [-0.4, -0.2) is 26.8 Å². The molecule has 1 aromatic heterocycles. The van der Waals surface area contributed by atoms with Crippen molar-refractivity contribution in [1.29, 1.82) is 0 Å². The molecule has 2 fully saturated rings. The van der Waals surface area contributed by atoms with Crippen molar-refractivity contribution in [2.45, 2.75) is 51.4 Å². The van der Waals surface area contributed by atoms with Gasteiger partial charge < -0.3 is 5.11 Å². The predicted octanol–water partition coefficient (Wildman–Crippen LogP) is 4.46. The second-order valence-electron chi connectivity index (χ2n) is 9.03. The average Bonchev–Trinajstić information content (AvgIpc) is 3.24. The van der Waals surface area contributed by atoms with Crippen molar-refractivity contribution in [3.63, 3.8) is 0 Å². The fourth-order valence-corrected chi connectivity index (χ4v) is 6.19. The van der Waals surface area contributed by atoms with Crippen molar-refractivity contribution in [3.05, 3.63) is 47.3 Å². The van der Waals surface area contributed by atoms with E-state index in [1.807, 2.05) is 37.8 Å². The van der Waals surface area contributed by atoms with Crippen LogP contribution in [0.15, 0.2) is 40.8 Å². The van der Waals surface area contributed by atoms with Crippen LogP contribution < -0.4 is 0 Å². The molecule has 3 aliphatic carbocycles. The zero-order valence-electron chi connectivity index (χ0n) is 16.7. The molecular weight excluding hydrogens is 348 g/mol. The molecule has 0 unspecified atom stereocenters. The molecule has 5 heteroatoms. The minimum absolute atomic E-state index is 0.182. The first-order valence-corrected chi connectivity index (χ1v) is 10.5. The molecule has 1 aromatic carbocycles. The van der Waals surface area contributed by atoms with E-state index in [9.17, 15) is 5.11 Å². The second-order valence-corrected chi connectivity index (χ2v) is 9.03. The first kappa shape index (κ1) is 17.7. The third-order valence-electron chi connectivity index (χ3n) is 7.56. The van der Waals surface area contributed by atoms with Crippen molar-refractivity contribution >= 4 is 11.9 Å².